The van der Waals surface area contributed by atoms with Crippen molar-refractivity contribution in [2.45, 2.75) is 49.4 Å². The molecule has 1 amide bonds. The van der Waals surface area contributed by atoms with Crippen molar-refractivity contribution in [1.82, 2.24) is 15.2 Å². The van der Waals surface area contributed by atoms with Gasteiger partial charge in [-0.25, -0.2) is 4.98 Å². The molecule has 1 aliphatic rings. The second-order valence-corrected chi connectivity index (χ2v) is 7.72. The predicted molar refractivity (Wildman–Crippen MR) is 97.2 cm³/mol. The van der Waals surface area contributed by atoms with E-state index < -0.39 is 0 Å². The van der Waals surface area contributed by atoms with Gasteiger partial charge in [0.15, 0.2) is 0 Å². The molecule has 128 valence electrons. The normalized spacial score (nSPS) is 16.2. The highest BCUT2D eigenvalue weighted by Crippen LogP contribution is 2.28. The van der Waals surface area contributed by atoms with Gasteiger partial charge in [-0.15, -0.1) is 5.10 Å². The van der Waals surface area contributed by atoms with E-state index in [-0.39, 0.29) is 11.2 Å². The molecule has 1 heterocycles. The summed E-state index contributed by atoms with van der Waals surface area (Å²) in [6, 6.07) is 9.67. The zero-order chi connectivity index (χ0) is 16.9. The summed E-state index contributed by atoms with van der Waals surface area (Å²) in [5.74, 6) is 1.73. The number of hydrogen-bond acceptors (Lipinski definition) is 4. The molecule has 1 fully saturated rings. The third kappa shape index (κ3) is 4.17. The molecule has 0 saturated heterocycles. The predicted octanol–water partition coefficient (Wildman–Crippen LogP) is 3.68. The molecule has 0 radical (unpaired) electrons. The molecule has 1 aromatic carbocycles. The lowest BCUT2D eigenvalue weighted by atomic mass is 10.0. The number of carbonyl (C=O) groups excluding carboxylic acids is 1. The quantitative estimate of drug-likeness (QED) is 0.812. The Labute approximate surface area is 147 Å². The van der Waals surface area contributed by atoms with Crippen molar-refractivity contribution in [1.29, 1.82) is 0 Å². The van der Waals surface area contributed by atoms with Gasteiger partial charge in [0.05, 0.1) is 5.25 Å². The largest absolute Gasteiger partial charge is 0.315 e. The Morgan fingerprint density at radius 2 is 2.04 bits per heavy atom. The maximum Gasteiger partial charge on any atom is 0.240 e. The number of amides is 1. The van der Waals surface area contributed by atoms with Crippen molar-refractivity contribution >= 4 is 23.4 Å². The molecule has 1 aliphatic carbocycles. The monoisotopic (exact) mass is 344 g/mol. The fourth-order valence-corrected chi connectivity index (χ4v) is 4.01. The number of carbonyl (C=O) groups is 1. The molecule has 0 bridgehead atoms. The summed E-state index contributed by atoms with van der Waals surface area (Å²) in [5.41, 5.74) is 0.895. The molecular formula is C18H24N4OS. The Bertz CT molecular complexity index is 667. The molecule has 1 atom stereocenters. The number of nitrogens with zero attached hydrogens (tertiary/aromatic N) is 3. The minimum atomic E-state index is -0.231. The lowest BCUT2D eigenvalue weighted by Gasteiger charge is -2.20. The van der Waals surface area contributed by atoms with Crippen LogP contribution in [0.25, 0.3) is 0 Å². The summed E-state index contributed by atoms with van der Waals surface area (Å²) in [7, 11) is 1.80. The topological polar surface area (TPSA) is 61.9 Å². The molecule has 6 heteroatoms. The summed E-state index contributed by atoms with van der Waals surface area (Å²) >= 11 is 1.41. The second kappa shape index (κ2) is 7.83. The molecule has 1 saturated carbocycles. The van der Waals surface area contributed by atoms with Crippen LogP contribution in [0.5, 0.6) is 0 Å². The first kappa shape index (κ1) is 17.0. The second-order valence-electron chi connectivity index (χ2n) is 6.41. The summed E-state index contributed by atoms with van der Waals surface area (Å²) < 4.78 is 0. The number of anilines is 1. The van der Waals surface area contributed by atoms with Crippen LogP contribution in [0.1, 0.15) is 38.4 Å². The van der Waals surface area contributed by atoms with Crippen molar-refractivity contribution in [2.75, 3.05) is 11.9 Å². The third-order valence-electron chi connectivity index (χ3n) is 4.57. The highest BCUT2D eigenvalue weighted by atomic mass is 32.2. The highest BCUT2D eigenvalue weighted by Gasteiger charge is 2.22. The maximum atomic E-state index is 12.6. The number of aromatic amines is 1. The Kier molecular flexibility index (Phi) is 5.56. The number of thioether (sulfide) groups is 1. The molecule has 0 aliphatic heterocycles. The first-order valence-electron chi connectivity index (χ1n) is 8.54. The molecule has 1 unspecified atom stereocenters. The molecule has 5 nitrogen and oxygen atoms in total. The van der Waals surface area contributed by atoms with Crippen LogP contribution in [0.2, 0.25) is 0 Å². The average Bonchev–Trinajstić information content (AvgIpc) is 3.27. The standard InChI is InChI=1S/C18H24N4OS/c1-13(17(23)22(2)15-10-4-3-5-11-15)24-18-19-16(20-21-18)12-14-8-6-7-9-14/h3-5,10-11,13-14H,6-9,12H2,1-2H3,(H,19,20,21). The molecule has 24 heavy (non-hydrogen) atoms. The van der Waals surface area contributed by atoms with Crippen LogP contribution in [0.15, 0.2) is 35.5 Å². The van der Waals surface area contributed by atoms with Crippen molar-refractivity contribution in [3.05, 3.63) is 36.2 Å². The van der Waals surface area contributed by atoms with E-state index in [0.717, 1.165) is 23.9 Å². The van der Waals surface area contributed by atoms with Gasteiger partial charge in [0.25, 0.3) is 0 Å². The van der Waals surface area contributed by atoms with E-state index in [1.54, 1.807) is 11.9 Å². The van der Waals surface area contributed by atoms with Crippen LogP contribution in [0, 0.1) is 5.92 Å². The fraction of sp³-hybridized carbons (Fsp3) is 0.500. The number of H-pyrrole nitrogens is 1. The smallest absolute Gasteiger partial charge is 0.240 e. The minimum absolute atomic E-state index is 0.0494. The zero-order valence-corrected chi connectivity index (χ0v) is 15.1. The van der Waals surface area contributed by atoms with Crippen LogP contribution in [0.4, 0.5) is 5.69 Å². The van der Waals surface area contributed by atoms with Gasteiger partial charge in [0, 0.05) is 19.2 Å². The van der Waals surface area contributed by atoms with Crippen molar-refractivity contribution < 1.29 is 4.79 Å². The molecule has 1 aromatic heterocycles. The summed E-state index contributed by atoms with van der Waals surface area (Å²) in [6.45, 7) is 1.90. The SMILES string of the molecule is CC(Sc1n[nH]c(CC2CCCC2)n1)C(=O)N(C)c1ccccc1. The minimum Gasteiger partial charge on any atom is -0.315 e. The van der Waals surface area contributed by atoms with Crippen molar-refractivity contribution in [2.24, 2.45) is 5.92 Å². The Morgan fingerprint density at radius 1 is 1.33 bits per heavy atom. The van der Waals surface area contributed by atoms with E-state index in [1.165, 1.54) is 37.4 Å². The fourth-order valence-electron chi connectivity index (χ4n) is 3.17. The average molecular weight is 344 g/mol. The van der Waals surface area contributed by atoms with Gasteiger partial charge in [-0.2, -0.15) is 0 Å². The number of hydrogen-bond donors (Lipinski definition) is 1. The lowest BCUT2D eigenvalue weighted by molar-refractivity contribution is -0.117. The Morgan fingerprint density at radius 3 is 2.75 bits per heavy atom. The van der Waals surface area contributed by atoms with Gasteiger partial charge in [0.1, 0.15) is 5.82 Å². The molecule has 3 rings (SSSR count). The van der Waals surface area contributed by atoms with Crippen LogP contribution in [0.3, 0.4) is 0 Å². The summed E-state index contributed by atoms with van der Waals surface area (Å²) in [6.07, 6.45) is 6.22. The first-order valence-corrected chi connectivity index (χ1v) is 9.42. The van der Waals surface area contributed by atoms with Crippen LogP contribution in [-0.4, -0.2) is 33.4 Å². The lowest BCUT2D eigenvalue weighted by Crippen LogP contribution is -2.33. The van der Waals surface area contributed by atoms with E-state index in [1.807, 2.05) is 37.3 Å². The van der Waals surface area contributed by atoms with E-state index in [2.05, 4.69) is 15.2 Å². The highest BCUT2D eigenvalue weighted by molar-refractivity contribution is 8.00. The molecule has 2 aromatic rings. The van der Waals surface area contributed by atoms with Crippen LogP contribution in [-0.2, 0) is 11.2 Å². The number of nitrogens with one attached hydrogen (secondary N) is 1. The number of benzene rings is 1. The third-order valence-corrected chi connectivity index (χ3v) is 5.52. The van der Waals surface area contributed by atoms with Gasteiger partial charge in [-0.3, -0.25) is 9.89 Å². The number of aromatic nitrogens is 3. The Balaban J connectivity index is 1.57. The number of para-hydroxylation sites is 1. The molecule has 0 spiro atoms. The summed E-state index contributed by atoms with van der Waals surface area (Å²) in [4.78, 5) is 18.8. The van der Waals surface area contributed by atoms with Crippen LogP contribution < -0.4 is 4.90 Å². The van der Waals surface area contributed by atoms with Gasteiger partial charge in [-0.05, 0) is 25.0 Å². The Hall–Kier alpha value is -1.82. The van der Waals surface area contributed by atoms with Gasteiger partial charge in [0.2, 0.25) is 11.1 Å². The first-order chi connectivity index (χ1) is 11.6. The number of rotatable bonds is 6. The molecular weight excluding hydrogens is 320 g/mol. The van der Waals surface area contributed by atoms with Gasteiger partial charge in [-0.1, -0.05) is 55.6 Å². The van der Waals surface area contributed by atoms with Gasteiger partial charge < -0.3 is 4.90 Å². The van der Waals surface area contributed by atoms with E-state index in [9.17, 15) is 4.79 Å². The van der Waals surface area contributed by atoms with E-state index >= 15 is 0 Å². The van der Waals surface area contributed by atoms with Gasteiger partial charge >= 0.3 is 0 Å². The zero-order valence-electron chi connectivity index (χ0n) is 14.2. The van der Waals surface area contributed by atoms with E-state index in [4.69, 9.17) is 0 Å². The maximum absolute atomic E-state index is 12.6. The van der Waals surface area contributed by atoms with E-state index in [0.29, 0.717) is 5.16 Å². The van der Waals surface area contributed by atoms with Crippen LogP contribution >= 0.6 is 11.8 Å². The van der Waals surface area contributed by atoms with Crippen molar-refractivity contribution in [3.8, 4) is 0 Å². The van der Waals surface area contributed by atoms with Crippen molar-refractivity contribution in [3.63, 3.8) is 0 Å². The summed E-state index contributed by atoms with van der Waals surface area (Å²) in [5, 5.41) is 7.73. The molecule has 1 N–H and O–H groups in total.